The SMILES string of the molecule is Cc1nc(CNc2cc([C@@H]3CCOC3)nc(NCCO)n2)n(C)c1C. The number of nitrogens with zero attached hydrogens (tertiary/aromatic N) is 4. The number of imidazole rings is 1. The van der Waals surface area contributed by atoms with Crippen LogP contribution in [0.25, 0.3) is 0 Å². The van der Waals surface area contributed by atoms with Gasteiger partial charge in [-0.15, -0.1) is 0 Å². The predicted molar refractivity (Wildman–Crippen MR) is 95.8 cm³/mol. The molecule has 25 heavy (non-hydrogen) atoms. The van der Waals surface area contributed by atoms with Crippen LogP contribution in [0.4, 0.5) is 11.8 Å². The lowest BCUT2D eigenvalue weighted by molar-refractivity contribution is 0.193. The highest BCUT2D eigenvalue weighted by atomic mass is 16.5. The summed E-state index contributed by atoms with van der Waals surface area (Å²) in [6.07, 6.45) is 0.966. The highest BCUT2D eigenvalue weighted by Crippen LogP contribution is 2.26. The molecule has 0 saturated carbocycles. The van der Waals surface area contributed by atoms with Crippen LogP contribution in [0.1, 0.15) is 35.2 Å². The van der Waals surface area contributed by atoms with Gasteiger partial charge in [0.2, 0.25) is 5.95 Å². The number of aryl methyl sites for hydroxylation is 1. The number of hydrogen-bond acceptors (Lipinski definition) is 7. The van der Waals surface area contributed by atoms with Crippen molar-refractivity contribution in [3.63, 3.8) is 0 Å². The molecule has 0 unspecified atom stereocenters. The van der Waals surface area contributed by atoms with Gasteiger partial charge in [-0.3, -0.25) is 0 Å². The average molecular weight is 346 g/mol. The molecule has 3 heterocycles. The van der Waals surface area contributed by atoms with Crippen molar-refractivity contribution < 1.29 is 9.84 Å². The molecule has 0 aliphatic carbocycles. The monoisotopic (exact) mass is 346 g/mol. The van der Waals surface area contributed by atoms with Gasteiger partial charge in [0.15, 0.2) is 0 Å². The lowest BCUT2D eigenvalue weighted by Gasteiger charge is -2.13. The molecule has 1 saturated heterocycles. The van der Waals surface area contributed by atoms with Crippen molar-refractivity contribution in [2.24, 2.45) is 7.05 Å². The van der Waals surface area contributed by atoms with Crippen LogP contribution in [-0.2, 0) is 18.3 Å². The van der Waals surface area contributed by atoms with E-state index in [-0.39, 0.29) is 12.5 Å². The van der Waals surface area contributed by atoms with Gasteiger partial charge in [-0.05, 0) is 20.3 Å². The maximum absolute atomic E-state index is 9.02. The summed E-state index contributed by atoms with van der Waals surface area (Å²) in [5, 5.41) is 15.4. The Morgan fingerprint density at radius 3 is 2.76 bits per heavy atom. The zero-order chi connectivity index (χ0) is 17.8. The van der Waals surface area contributed by atoms with Crippen LogP contribution in [0.15, 0.2) is 6.07 Å². The molecule has 8 nitrogen and oxygen atoms in total. The molecule has 136 valence electrons. The van der Waals surface area contributed by atoms with E-state index in [1.807, 2.05) is 20.0 Å². The Balaban J connectivity index is 1.78. The molecule has 0 aromatic carbocycles. The van der Waals surface area contributed by atoms with Gasteiger partial charge in [0.1, 0.15) is 11.6 Å². The normalized spacial score (nSPS) is 17.0. The fourth-order valence-electron chi connectivity index (χ4n) is 2.89. The second-order valence-electron chi connectivity index (χ2n) is 6.32. The van der Waals surface area contributed by atoms with Gasteiger partial charge >= 0.3 is 0 Å². The molecule has 0 spiro atoms. The molecular weight excluding hydrogens is 320 g/mol. The highest BCUT2D eigenvalue weighted by molar-refractivity contribution is 5.43. The third-order valence-corrected chi connectivity index (χ3v) is 4.63. The predicted octanol–water partition coefficient (Wildman–Crippen LogP) is 1.35. The fourth-order valence-corrected chi connectivity index (χ4v) is 2.89. The van der Waals surface area contributed by atoms with Gasteiger partial charge in [-0.25, -0.2) is 9.97 Å². The molecule has 0 amide bonds. The molecule has 0 radical (unpaired) electrons. The largest absolute Gasteiger partial charge is 0.395 e. The molecule has 8 heteroatoms. The Kier molecular flexibility index (Phi) is 5.50. The van der Waals surface area contributed by atoms with E-state index in [4.69, 9.17) is 9.84 Å². The zero-order valence-electron chi connectivity index (χ0n) is 15.0. The van der Waals surface area contributed by atoms with Crippen molar-refractivity contribution >= 4 is 11.8 Å². The first kappa shape index (κ1) is 17.6. The first-order chi connectivity index (χ1) is 12.1. The van der Waals surface area contributed by atoms with Gasteiger partial charge < -0.3 is 25.0 Å². The Morgan fingerprint density at radius 1 is 1.28 bits per heavy atom. The zero-order valence-corrected chi connectivity index (χ0v) is 15.0. The summed E-state index contributed by atoms with van der Waals surface area (Å²) in [6, 6.07) is 1.98. The lowest BCUT2D eigenvalue weighted by Crippen LogP contribution is -2.14. The van der Waals surface area contributed by atoms with Crippen molar-refractivity contribution in [1.82, 2.24) is 19.5 Å². The Bertz CT molecular complexity index is 724. The summed E-state index contributed by atoms with van der Waals surface area (Å²) < 4.78 is 7.56. The van der Waals surface area contributed by atoms with E-state index < -0.39 is 0 Å². The van der Waals surface area contributed by atoms with Gasteiger partial charge in [0.05, 0.1) is 31.1 Å². The van der Waals surface area contributed by atoms with E-state index in [2.05, 4.69) is 37.1 Å². The van der Waals surface area contributed by atoms with Crippen LogP contribution in [-0.4, -0.2) is 51.0 Å². The van der Waals surface area contributed by atoms with Gasteiger partial charge in [0.25, 0.3) is 0 Å². The smallest absolute Gasteiger partial charge is 0.224 e. The molecule has 0 bridgehead atoms. The van der Waals surface area contributed by atoms with Crippen LogP contribution in [0.3, 0.4) is 0 Å². The van der Waals surface area contributed by atoms with Crippen molar-refractivity contribution in [2.45, 2.75) is 32.7 Å². The quantitative estimate of drug-likeness (QED) is 0.696. The third-order valence-electron chi connectivity index (χ3n) is 4.63. The van der Waals surface area contributed by atoms with Crippen LogP contribution in [0, 0.1) is 13.8 Å². The first-order valence-electron chi connectivity index (χ1n) is 8.62. The fraction of sp³-hybridized carbons (Fsp3) is 0.588. The number of nitrogens with one attached hydrogen (secondary N) is 2. The summed E-state index contributed by atoms with van der Waals surface area (Å²) in [5.41, 5.74) is 3.16. The molecule has 1 atom stereocenters. The van der Waals surface area contributed by atoms with Gasteiger partial charge in [0, 0.05) is 37.9 Å². The van der Waals surface area contributed by atoms with Gasteiger partial charge in [-0.2, -0.15) is 4.98 Å². The molecule has 1 aliphatic rings. The second-order valence-corrected chi connectivity index (χ2v) is 6.32. The molecule has 2 aromatic heterocycles. The number of ether oxygens (including phenoxy) is 1. The maximum Gasteiger partial charge on any atom is 0.224 e. The Morgan fingerprint density at radius 2 is 2.12 bits per heavy atom. The summed E-state index contributed by atoms with van der Waals surface area (Å²) in [5.74, 6) is 2.52. The standard InChI is InChI=1S/C17H26N6O2/c1-11-12(2)23(3)16(20-11)9-19-15-8-14(13-4-7-25-10-13)21-17(22-15)18-5-6-24/h8,13,24H,4-7,9-10H2,1-3H3,(H2,18,19,21,22)/t13-/m1/s1. The summed E-state index contributed by atoms with van der Waals surface area (Å²) in [6.45, 7) is 6.57. The van der Waals surface area contributed by atoms with Crippen LogP contribution in [0.2, 0.25) is 0 Å². The van der Waals surface area contributed by atoms with Crippen molar-refractivity contribution in [2.75, 3.05) is 37.0 Å². The minimum absolute atomic E-state index is 0.0364. The Labute approximate surface area is 147 Å². The average Bonchev–Trinajstić information content (AvgIpc) is 3.23. The van der Waals surface area contributed by atoms with Gasteiger partial charge in [-0.1, -0.05) is 0 Å². The summed E-state index contributed by atoms with van der Waals surface area (Å²) >= 11 is 0. The molecular formula is C17H26N6O2. The molecule has 2 aromatic rings. The van der Waals surface area contributed by atoms with Crippen LogP contribution >= 0.6 is 0 Å². The van der Waals surface area contributed by atoms with E-state index in [1.54, 1.807) is 0 Å². The van der Waals surface area contributed by atoms with Crippen molar-refractivity contribution in [3.8, 4) is 0 Å². The van der Waals surface area contributed by atoms with Crippen molar-refractivity contribution in [3.05, 3.63) is 29.0 Å². The second kappa shape index (κ2) is 7.79. The molecule has 1 fully saturated rings. The minimum atomic E-state index is 0.0364. The van der Waals surface area contributed by atoms with E-state index in [9.17, 15) is 0 Å². The number of anilines is 2. The van der Waals surface area contributed by atoms with E-state index in [1.165, 1.54) is 0 Å². The number of rotatable bonds is 7. The number of aromatic nitrogens is 4. The summed E-state index contributed by atoms with van der Waals surface area (Å²) in [7, 11) is 2.02. The van der Waals surface area contributed by atoms with E-state index in [0.29, 0.717) is 25.6 Å². The first-order valence-corrected chi connectivity index (χ1v) is 8.62. The molecule has 3 rings (SSSR count). The number of aliphatic hydroxyl groups is 1. The molecule has 1 aliphatic heterocycles. The molecule has 3 N–H and O–H groups in total. The third kappa shape index (κ3) is 4.08. The van der Waals surface area contributed by atoms with Crippen LogP contribution in [0.5, 0.6) is 0 Å². The van der Waals surface area contributed by atoms with Crippen LogP contribution < -0.4 is 10.6 Å². The Hall–Kier alpha value is -2.19. The minimum Gasteiger partial charge on any atom is -0.395 e. The van der Waals surface area contributed by atoms with E-state index in [0.717, 1.165) is 41.8 Å². The lowest BCUT2D eigenvalue weighted by atomic mass is 10.0. The maximum atomic E-state index is 9.02. The van der Waals surface area contributed by atoms with Crippen molar-refractivity contribution in [1.29, 1.82) is 0 Å². The highest BCUT2D eigenvalue weighted by Gasteiger charge is 2.21. The summed E-state index contributed by atoms with van der Waals surface area (Å²) in [4.78, 5) is 13.6. The number of aliphatic hydroxyl groups excluding tert-OH is 1. The number of hydrogen-bond donors (Lipinski definition) is 3. The van der Waals surface area contributed by atoms with E-state index >= 15 is 0 Å². The topological polar surface area (TPSA) is 97.1 Å².